The predicted octanol–water partition coefficient (Wildman–Crippen LogP) is 3.09. The van der Waals surface area contributed by atoms with Crippen LogP contribution in [0.15, 0.2) is 42.5 Å². The standard InChI is InChI=1S/C16H14ClIN2O3/c1-10-8-11(17)6-7-14(10)23-9-15(21)19-20-16(22)12-4-2-3-5-13(12)18/h2-8H,9H2,1H3,(H,19,21)(H,20,22). The fourth-order valence-corrected chi connectivity index (χ4v) is 2.65. The van der Waals surface area contributed by atoms with Gasteiger partial charge in [-0.25, -0.2) is 0 Å². The van der Waals surface area contributed by atoms with Gasteiger partial charge in [-0.3, -0.25) is 20.4 Å². The van der Waals surface area contributed by atoms with E-state index in [1.807, 2.05) is 19.1 Å². The number of carbonyl (C=O) groups excluding carboxylic acids is 2. The van der Waals surface area contributed by atoms with Crippen molar-refractivity contribution in [2.45, 2.75) is 6.92 Å². The molecule has 120 valence electrons. The van der Waals surface area contributed by atoms with Gasteiger partial charge in [0.2, 0.25) is 0 Å². The van der Waals surface area contributed by atoms with Gasteiger partial charge in [0.05, 0.1) is 5.56 Å². The minimum absolute atomic E-state index is 0.214. The Morgan fingerprint density at radius 2 is 1.91 bits per heavy atom. The summed E-state index contributed by atoms with van der Waals surface area (Å²) in [5, 5.41) is 0.601. The number of amides is 2. The summed E-state index contributed by atoms with van der Waals surface area (Å²) in [6.07, 6.45) is 0. The van der Waals surface area contributed by atoms with Crippen LogP contribution < -0.4 is 15.6 Å². The summed E-state index contributed by atoms with van der Waals surface area (Å²) in [6, 6.07) is 12.2. The molecule has 0 atom stereocenters. The number of rotatable bonds is 4. The van der Waals surface area contributed by atoms with Gasteiger partial charge in [0.1, 0.15) is 5.75 Å². The largest absolute Gasteiger partial charge is 0.483 e. The minimum Gasteiger partial charge on any atom is -0.483 e. The molecule has 0 saturated heterocycles. The van der Waals surface area contributed by atoms with Crippen molar-refractivity contribution in [3.63, 3.8) is 0 Å². The van der Waals surface area contributed by atoms with Crippen LogP contribution in [-0.2, 0) is 4.79 Å². The molecule has 2 rings (SSSR count). The molecule has 0 fully saturated rings. The van der Waals surface area contributed by atoms with E-state index in [1.165, 1.54) is 0 Å². The topological polar surface area (TPSA) is 67.4 Å². The normalized spacial score (nSPS) is 10.0. The lowest BCUT2D eigenvalue weighted by Gasteiger charge is -2.11. The van der Waals surface area contributed by atoms with Crippen molar-refractivity contribution in [1.82, 2.24) is 10.9 Å². The molecule has 0 aliphatic heterocycles. The first-order valence-electron chi connectivity index (χ1n) is 6.70. The van der Waals surface area contributed by atoms with E-state index >= 15 is 0 Å². The second kappa shape index (κ2) is 8.16. The van der Waals surface area contributed by atoms with E-state index in [4.69, 9.17) is 16.3 Å². The minimum atomic E-state index is -0.460. The van der Waals surface area contributed by atoms with Gasteiger partial charge in [0, 0.05) is 8.59 Å². The van der Waals surface area contributed by atoms with E-state index in [0.29, 0.717) is 16.3 Å². The number of ether oxygens (including phenoxy) is 1. The van der Waals surface area contributed by atoms with Crippen molar-refractivity contribution < 1.29 is 14.3 Å². The monoisotopic (exact) mass is 444 g/mol. The molecule has 23 heavy (non-hydrogen) atoms. The van der Waals surface area contributed by atoms with Crippen molar-refractivity contribution in [1.29, 1.82) is 0 Å². The molecule has 7 heteroatoms. The molecule has 0 saturated carbocycles. The maximum atomic E-state index is 11.9. The van der Waals surface area contributed by atoms with Crippen LogP contribution in [0.2, 0.25) is 5.02 Å². The lowest BCUT2D eigenvalue weighted by molar-refractivity contribution is -0.123. The van der Waals surface area contributed by atoms with Crippen molar-refractivity contribution in [3.05, 3.63) is 62.2 Å². The Bertz CT molecular complexity index is 737. The number of hydrogen-bond acceptors (Lipinski definition) is 3. The number of carbonyl (C=O) groups is 2. The van der Waals surface area contributed by atoms with Gasteiger partial charge in [0.25, 0.3) is 11.8 Å². The predicted molar refractivity (Wildman–Crippen MR) is 96.5 cm³/mol. The van der Waals surface area contributed by atoms with Crippen LogP contribution in [0.1, 0.15) is 15.9 Å². The molecule has 2 aromatic rings. The SMILES string of the molecule is Cc1cc(Cl)ccc1OCC(=O)NNC(=O)c1ccccc1I. The van der Waals surface area contributed by atoms with E-state index in [1.54, 1.807) is 30.3 Å². The van der Waals surface area contributed by atoms with Crippen molar-refractivity contribution >= 4 is 46.0 Å². The average Bonchev–Trinajstić information content (AvgIpc) is 2.52. The van der Waals surface area contributed by atoms with E-state index < -0.39 is 5.91 Å². The molecule has 0 radical (unpaired) electrons. The Kier molecular flexibility index (Phi) is 6.23. The van der Waals surface area contributed by atoms with Crippen molar-refractivity contribution in [2.75, 3.05) is 6.61 Å². The maximum Gasteiger partial charge on any atom is 0.276 e. The highest BCUT2D eigenvalue weighted by atomic mass is 127. The van der Waals surface area contributed by atoms with E-state index in [-0.39, 0.29) is 12.5 Å². The zero-order valence-corrected chi connectivity index (χ0v) is 15.1. The molecule has 0 spiro atoms. The van der Waals surface area contributed by atoms with Crippen molar-refractivity contribution in [3.8, 4) is 5.75 Å². The van der Waals surface area contributed by atoms with E-state index in [2.05, 4.69) is 33.4 Å². The molecule has 0 aliphatic carbocycles. The van der Waals surface area contributed by atoms with Gasteiger partial charge < -0.3 is 4.74 Å². The van der Waals surface area contributed by atoms with Crippen LogP contribution in [0.5, 0.6) is 5.75 Å². The zero-order chi connectivity index (χ0) is 16.8. The van der Waals surface area contributed by atoms with Crippen LogP contribution in [0.4, 0.5) is 0 Å². The van der Waals surface area contributed by atoms with Crippen LogP contribution in [0.25, 0.3) is 0 Å². The van der Waals surface area contributed by atoms with Crippen molar-refractivity contribution in [2.24, 2.45) is 0 Å². The lowest BCUT2D eigenvalue weighted by atomic mass is 10.2. The van der Waals surface area contributed by atoms with Crippen LogP contribution in [-0.4, -0.2) is 18.4 Å². The smallest absolute Gasteiger partial charge is 0.276 e. The summed E-state index contributed by atoms with van der Waals surface area (Å²) >= 11 is 7.91. The van der Waals surface area contributed by atoms with E-state index in [9.17, 15) is 9.59 Å². The third-order valence-electron chi connectivity index (χ3n) is 2.93. The van der Waals surface area contributed by atoms with Crippen LogP contribution in [0, 0.1) is 10.5 Å². The highest BCUT2D eigenvalue weighted by molar-refractivity contribution is 14.1. The third-order valence-corrected chi connectivity index (χ3v) is 4.11. The summed E-state index contributed by atoms with van der Waals surface area (Å²) in [5.41, 5.74) is 5.99. The van der Waals surface area contributed by atoms with Gasteiger partial charge in [-0.1, -0.05) is 23.7 Å². The number of nitrogens with one attached hydrogen (secondary N) is 2. The molecule has 2 amide bonds. The van der Waals surface area contributed by atoms with Gasteiger partial charge in [-0.05, 0) is 65.4 Å². The third kappa shape index (κ3) is 5.11. The molecule has 2 N–H and O–H groups in total. The summed E-state index contributed by atoms with van der Waals surface area (Å²) in [5.74, 6) is -0.279. The molecule has 0 unspecified atom stereocenters. The Hall–Kier alpha value is -1.80. The second-order valence-corrected chi connectivity index (χ2v) is 6.28. The first kappa shape index (κ1) is 17.6. The number of hydrazine groups is 1. The van der Waals surface area contributed by atoms with Crippen LogP contribution in [0.3, 0.4) is 0 Å². The Morgan fingerprint density at radius 1 is 1.17 bits per heavy atom. The first-order valence-corrected chi connectivity index (χ1v) is 8.15. The fraction of sp³-hybridized carbons (Fsp3) is 0.125. The first-order chi connectivity index (χ1) is 11.0. The quantitative estimate of drug-likeness (QED) is 0.563. The second-order valence-electron chi connectivity index (χ2n) is 4.68. The maximum absolute atomic E-state index is 11.9. The van der Waals surface area contributed by atoms with Gasteiger partial charge >= 0.3 is 0 Å². The molecule has 2 aromatic carbocycles. The number of aryl methyl sites for hydroxylation is 1. The summed E-state index contributed by atoms with van der Waals surface area (Å²) in [7, 11) is 0. The molecular weight excluding hydrogens is 431 g/mol. The summed E-state index contributed by atoms with van der Waals surface area (Å²) in [4.78, 5) is 23.7. The Balaban J connectivity index is 1.83. The number of benzene rings is 2. The molecule has 0 heterocycles. The fourth-order valence-electron chi connectivity index (χ4n) is 1.79. The summed E-state index contributed by atoms with van der Waals surface area (Å²) in [6.45, 7) is 1.62. The average molecular weight is 445 g/mol. The van der Waals surface area contributed by atoms with Gasteiger partial charge in [0.15, 0.2) is 6.61 Å². The number of halogens is 2. The molecule has 5 nitrogen and oxygen atoms in total. The Labute approximate surface area is 152 Å². The van der Waals surface area contributed by atoms with Gasteiger partial charge in [-0.15, -0.1) is 0 Å². The van der Waals surface area contributed by atoms with Gasteiger partial charge in [-0.2, -0.15) is 0 Å². The highest BCUT2D eigenvalue weighted by Gasteiger charge is 2.11. The summed E-state index contributed by atoms with van der Waals surface area (Å²) < 4.78 is 6.19. The molecule has 0 aromatic heterocycles. The zero-order valence-electron chi connectivity index (χ0n) is 12.2. The van der Waals surface area contributed by atoms with E-state index in [0.717, 1.165) is 9.13 Å². The lowest BCUT2D eigenvalue weighted by Crippen LogP contribution is -2.44. The highest BCUT2D eigenvalue weighted by Crippen LogP contribution is 2.21. The Morgan fingerprint density at radius 3 is 2.61 bits per heavy atom. The molecule has 0 bridgehead atoms. The molecule has 0 aliphatic rings. The van der Waals surface area contributed by atoms with Crippen LogP contribution >= 0.6 is 34.2 Å². The number of hydrogen-bond donors (Lipinski definition) is 2. The molecular formula is C16H14ClIN2O3.